The van der Waals surface area contributed by atoms with Crippen molar-refractivity contribution in [1.82, 2.24) is 19.3 Å². The summed E-state index contributed by atoms with van der Waals surface area (Å²) in [6.07, 6.45) is 3.66. The number of rotatable bonds is 4. The number of benzene rings is 3. The number of carbonyl (C=O) groups excluding carboxylic acids is 1. The first-order valence-electron chi connectivity index (χ1n) is 10.2. The molecule has 32 heavy (non-hydrogen) atoms. The Bertz CT molecular complexity index is 1450. The number of hydrogen-bond acceptors (Lipinski definition) is 3. The number of aromatic nitrogens is 4. The Balaban J connectivity index is 1.43. The zero-order valence-electron chi connectivity index (χ0n) is 17.6. The van der Waals surface area contributed by atoms with Gasteiger partial charge in [0.15, 0.2) is 0 Å². The molecule has 0 radical (unpaired) electrons. The quantitative estimate of drug-likeness (QED) is 0.387. The zero-order valence-corrected chi connectivity index (χ0v) is 18.3. The van der Waals surface area contributed by atoms with Crippen molar-refractivity contribution in [2.45, 2.75) is 13.8 Å². The Hall–Kier alpha value is -3.90. The monoisotopic (exact) mass is 441 g/mol. The van der Waals surface area contributed by atoms with Crippen LogP contribution in [0, 0.1) is 13.8 Å². The molecule has 0 atom stereocenters. The number of fused-ring (bicyclic) bond motifs is 1. The van der Waals surface area contributed by atoms with Gasteiger partial charge in [-0.1, -0.05) is 23.7 Å². The molecule has 0 spiro atoms. The fraction of sp³-hybridized carbons (Fsp3) is 0.0800. The highest BCUT2D eigenvalue weighted by atomic mass is 35.5. The topological polar surface area (TPSA) is 64.7 Å². The number of nitrogens with zero attached hydrogens (tertiary/aromatic N) is 4. The highest BCUT2D eigenvalue weighted by Gasteiger charge is 2.16. The van der Waals surface area contributed by atoms with Crippen molar-refractivity contribution >= 4 is 34.0 Å². The minimum absolute atomic E-state index is 0.228. The Morgan fingerprint density at radius 2 is 1.62 bits per heavy atom. The molecule has 1 amide bonds. The molecule has 7 heteroatoms. The molecule has 2 heterocycles. The van der Waals surface area contributed by atoms with E-state index in [0.29, 0.717) is 16.4 Å². The summed E-state index contributed by atoms with van der Waals surface area (Å²) in [5.41, 5.74) is 3.72. The molecule has 1 N–H and O–H groups in total. The van der Waals surface area contributed by atoms with E-state index in [2.05, 4.69) is 15.4 Å². The zero-order chi connectivity index (χ0) is 22.2. The third-order valence-corrected chi connectivity index (χ3v) is 5.56. The lowest BCUT2D eigenvalue weighted by Crippen LogP contribution is -2.17. The van der Waals surface area contributed by atoms with Crippen LogP contribution in [-0.2, 0) is 0 Å². The normalized spacial score (nSPS) is 11.1. The fourth-order valence-electron chi connectivity index (χ4n) is 3.75. The van der Waals surface area contributed by atoms with E-state index >= 15 is 0 Å². The summed E-state index contributed by atoms with van der Waals surface area (Å²) < 4.78 is 3.65. The van der Waals surface area contributed by atoms with Gasteiger partial charge in [0.25, 0.3) is 5.91 Å². The minimum Gasteiger partial charge on any atom is -0.321 e. The molecule has 3 aromatic carbocycles. The molecule has 5 rings (SSSR count). The molecule has 0 aliphatic heterocycles. The number of anilines is 1. The van der Waals surface area contributed by atoms with E-state index in [-0.39, 0.29) is 5.91 Å². The van der Waals surface area contributed by atoms with Crippen molar-refractivity contribution in [2.24, 2.45) is 0 Å². The van der Waals surface area contributed by atoms with Crippen LogP contribution in [0.1, 0.15) is 22.0 Å². The lowest BCUT2D eigenvalue weighted by molar-refractivity contribution is 0.101. The maximum absolute atomic E-state index is 13.1. The van der Waals surface area contributed by atoms with E-state index in [0.717, 1.165) is 33.7 Å². The summed E-state index contributed by atoms with van der Waals surface area (Å²) >= 11 is 6.09. The van der Waals surface area contributed by atoms with Crippen molar-refractivity contribution in [3.8, 4) is 11.4 Å². The summed E-state index contributed by atoms with van der Waals surface area (Å²) in [5, 5.41) is 10.3. The van der Waals surface area contributed by atoms with Crippen LogP contribution in [0.2, 0.25) is 5.02 Å². The van der Waals surface area contributed by atoms with Crippen molar-refractivity contribution < 1.29 is 4.79 Å². The third-order valence-electron chi connectivity index (χ3n) is 5.32. The van der Waals surface area contributed by atoms with Crippen molar-refractivity contribution in [1.29, 1.82) is 0 Å². The summed E-state index contributed by atoms with van der Waals surface area (Å²) in [6.45, 7) is 3.82. The molecule has 6 nitrogen and oxygen atoms in total. The molecular formula is C25H20ClN5O. The van der Waals surface area contributed by atoms with Gasteiger partial charge in [-0.05, 0) is 79.2 Å². The van der Waals surface area contributed by atoms with Crippen molar-refractivity contribution in [2.75, 3.05) is 5.32 Å². The van der Waals surface area contributed by atoms with Crippen LogP contribution in [0.25, 0.3) is 22.1 Å². The number of imidazole rings is 1. The highest BCUT2D eigenvalue weighted by Crippen LogP contribution is 2.24. The maximum atomic E-state index is 13.1. The molecule has 0 aliphatic rings. The number of nitrogens with one attached hydrogen (secondary N) is 1. The van der Waals surface area contributed by atoms with Crippen LogP contribution >= 0.6 is 11.6 Å². The number of amides is 1. The summed E-state index contributed by atoms with van der Waals surface area (Å²) in [4.78, 5) is 17.3. The molecule has 0 bridgehead atoms. The number of aryl methyl sites for hydroxylation is 2. The first-order valence-corrected chi connectivity index (χ1v) is 10.5. The van der Waals surface area contributed by atoms with Gasteiger partial charge in [-0.25, -0.2) is 9.67 Å². The molecule has 0 fully saturated rings. The van der Waals surface area contributed by atoms with Gasteiger partial charge in [-0.15, -0.1) is 0 Å². The molecule has 2 aromatic heterocycles. The maximum Gasteiger partial charge on any atom is 0.274 e. The van der Waals surface area contributed by atoms with E-state index in [9.17, 15) is 4.79 Å². The predicted molar refractivity (Wildman–Crippen MR) is 127 cm³/mol. The first-order chi connectivity index (χ1) is 15.5. The standard InChI is InChI=1S/C25H20ClN5O/c1-16-13-24(31(29-16)23-8-4-18-14-20(26)5-3-19(18)15-23)25(32)28-21-6-9-22(10-7-21)30-12-11-27-17(30)2/h3-15H,1-2H3,(H,28,32). The molecular weight excluding hydrogens is 422 g/mol. The van der Waals surface area contributed by atoms with Crippen LogP contribution in [0.4, 0.5) is 5.69 Å². The van der Waals surface area contributed by atoms with Crippen LogP contribution in [0.5, 0.6) is 0 Å². The second kappa shape index (κ2) is 7.98. The summed E-state index contributed by atoms with van der Waals surface area (Å²) in [7, 11) is 0. The average Bonchev–Trinajstić information content (AvgIpc) is 3.39. The SMILES string of the molecule is Cc1cc(C(=O)Nc2ccc(-n3ccnc3C)cc2)n(-c2ccc3cc(Cl)ccc3c2)n1. The van der Waals surface area contributed by atoms with Crippen molar-refractivity contribution in [3.63, 3.8) is 0 Å². The van der Waals surface area contributed by atoms with E-state index in [1.165, 1.54) is 0 Å². The molecule has 0 saturated heterocycles. The molecule has 5 aromatic rings. The van der Waals surface area contributed by atoms with Gasteiger partial charge in [-0.3, -0.25) is 4.79 Å². The van der Waals surface area contributed by atoms with Crippen LogP contribution in [0.15, 0.2) is 79.1 Å². The Kier molecular flexibility index (Phi) is 4.99. The first kappa shape index (κ1) is 20.0. The molecule has 0 saturated carbocycles. The van der Waals surface area contributed by atoms with Gasteiger partial charge in [0, 0.05) is 28.8 Å². The summed E-state index contributed by atoms with van der Waals surface area (Å²) in [5.74, 6) is 0.673. The van der Waals surface area contributed by atoms with Gasteiger partial charge >= 0.3 is 0 Å². The smallest absolute Gasteiger partial charge is 0.274 e. The van der Waals surface area contributed by atoms with Crippen molar-refractivity contribution in [3.05, 3.63) is 101 Å². The lowest BCUT2D eigenvalue weighted by atomic mass is 10.1. The molecule has 0 aliphatic carbocycles. The minimum atomic E-state index is -0.228. The highest BCUT2D eigenvalue weighted by molar-refractivity contribution is 6.31. The Labute approximate surface area is 190 Å². The van der Waals surface area contributed by atoms with Gasteiger partial charge in [0.1, 0.15) is 11.5 Å². The molecule has 158 valence electrons. The second-order valence-electron chi connectivity index (χ2n) is 7.60. The third kappa shape index (κ3) is 3.76. The number of carbonyl (C=O) groups is 1. The van der Waals surface area contributed by atoms with Crippen LogP contribution in [0.3, 0.4) is 0 Å². The number of hydrogen-bond donors (Lipinski definition) is 1. The Morgan fingerprint density at radius 3 is 2.38 bits per heavy atom. The van der Waals surface area contributed by atoms with Gasteiger partial charge in [-0.2, -0.15) is 5.10 Å². The summed E-state index contributed by atoms with van der Waals surface area (Å²) in [6, 6.07) is 21.1. The Morgan fingerprint density at radius 1 is 0.906 bits per heavy atom. The number of halogens is 1. The van der Waals surface area contributed by atoms with Crippen LogP contribution < -0.4 is 5.32 Å². The van der Waals surface area contributed by atoms with Gasteiger partial charge in [0.2, 0.25) is 0 Å². The van der Waals surface area contributed by atoms with Crippen LogP contribution in [-0.4, -0.2) is 25.2 Å². The van der Waals surface area contributed by atoms with E-state index in [4.69, 9.17) is 11.6 Å². The fourth-order valence-corrected chi connectivity index (χ4v) is 3.93. The van der Waals surface area contributed by atoms with E-state index in [1.54, 1.807) is 16.9 Å². The lowest BCUT2D eigenvalue weighted by Gasteiger charge is -2.11. The van der Waals surface area contributed by atoms with Gasteiger partial charge < -0.3 is 9.88 Å². The average molecular weight is 442 g/mol. The van der Waals surface area contributed by atoms with E-state index < -0.39 is 0 Å². The van der Waals surface area contributed by atoms with Gasteiger partial charge in [0.05, 0.1) is 11.4 Å². The predicted octanol–water partition coefficient (Wildman–Crippen LogP) is 5.73. The largest absolute Gasteiger partial charge is 0.321 e. The second-order valence-corrected chi connectivity index (χ2v) is 8.04. The molecule has 0 unspecified atom stereocenters. The van der Waals surface area contributed by atoms with E-state index in [1.807, 2.05) is 85.3 Å².